The van der Waals surface area contributed by atoms with E-state index in [1.165, 1.54) is 19.3 Å². The number of para-hydroxylation sites is 1. The van der Waals surface area contributed by atoms with Crippen LogP contribution in [0, 0.1) is 0 Å². The first-order chi connectivity index (χ1) is 14.0. The van der Waals surface area contributed by atoms with Gasteiger partial charge in [0, 0.05) is 31.2 Å². The molecule has 1 saturated heterocycles. The van der Waals surface area contributed by atoms with E-state index in [4.69, 9.17) is 4.74 Å². The van der Waals surface area contributed by atoms with Crippen molar-refractivity contribution < 1.29 is 14.3 Å². The molecule has 0 radical (unpaired) electrons. The van der Waals surface area contributed by atoms with Gasteiger partial charge in [-0.1, -0.05) is 31.4 Å². The van der Waals surface area contributed by atoms with E-state index < -0.39 is 0 Å². The van der Waals surface area contributed by atoms with Gasteiger partial charge in [-0.2, -0.15) is 0 Å². The molecule has 1 aromatic rings. The lowest BCUT2D eigenvalue weighted by atomic mass is 9.79. The molecule has 29 heavy (non-hydrogen) atoms. The van der Waals surface area contributed by atoms with E-state index >= 15 is 0 Å². The molecule has 0 unspecified atom stereocenters. The van der Waals surface area contributed by atoms with Gasteiger partial charge in [-0.15, -0.1) is 0 Å². The number of morpholine rings is 1. The maximum atomic E-state index is 13.0. The Balaban J connectivity index is 1.68. The van der Waals surface area contributed by atoms with Crippen molar-refractivity contribution in [3.63, 3.8) is 0 Å². The molecule has 3 amide bonds. The second kappa shape index (κ2) is 10.1. The zero-order chi connectivity index (χ0) is 20.7. The van der Waals surface area contributed by atoms with Crippen LogP contribution in [0.4, 0.5) is 10.5 Å². The highest BCUT2D eigenvalue weighted by molar-refractivity contribution is 6.03. The van der Waals surface area contributed by atoms with Crippen molar-refractivity contribution in [2.45, 2.75) is 57.5 Å². The minimum Gasteiger partial charge on any atom is -0.379 e. The summed E-state index contributed by atoms with van der Waals surface area (Å²) >= 11 is 0. The molecular weight excluding hydrogens is 368 g/mol. The Morgan fingerprint density at radius 3 is 2.48 bits per heavy atom. The summed E-state index contributed by atoms with van der Waals surface area (Å²) in [7, 11) is 0. The van der Waals surface area contributed by atoms with Gasteiger partial charge in [0.25, 0.3) is 5.91 Å². The van der Waals surface area contributed by atoms with Crippen molar-refractivity contribution in [3.8, 4) is 0 Å². The first-order valence-electron chi connectivity index (χ1n) is 10.8. The Bertz CT molecular complexity index is 695. The molecule has 3 rings (SSSR count). The molecule has 0 aromatic heterocycles. The summed E-state index contributed by atoms with van der Waals surface area (Å²) in [4.78, 5) is 27.6. The van der Waals surface area contributed by atoms with Gasteiger partial charge in [0.05, 0.1) is 24.5 Å². The summed E-state index contributed by atoms with van der Waals surface area (Å²) in [6.45, 7) is 7.77. The Hall–Kier alpha value is -2.12. The summed E-state index contributed by atoms with van der Waals surface area (Å²) in [6.07, 6.45) is 5.85. The van der Waals surface area contributed by atoms with Crippen LogP contribution in [0.1, 0.15) is 56.3 Å². The number of urea groups is 1. The van der Waals surface area contributed by atoms with E-state index in [1.807, 2.05) is 26.0 Å². The van der Waals surface area contributed by atoms with E-state index in [1.54, 1.807) is 12.1 Å². The van der Waals surface area contributed by atoms with Crippen molar-refractivity contribution in [2.24, 2.45) is 0 Å². The molecule has 2 aliphatic rings. The van der Waals surface area contributed by atoms with Crippen molar-refractivity contribution in [1.29, 1.82) is 0 Å². The first-order valence-corrected chi connectivity index (χ1v) is 10.8. The number of carbonyl (C=O) groups is 2. The number of nitrogens with one attached hydrogen (secondary N) is 3. The fraction of sp³-hybridized carbons (Fsp3) is 0.636. The lowest BCUT2D eigenvalue weighted by molar-refractivity contribution is -0.0361. The van der Waals surface area contributed by atoms with Crippen molar-refractivity contribution in [2.75, 3.05) is 38.2 Å². The number of ether oxygens (including phenoxy) is 1. The number of carbonyl (C=O) groups excluding carboxylic acids is 2. The van der Waals surface area contributed by atoms with Gasteiger partial charge < -0.3 is 20.7 Å². The highest BCUT2D eigenvalue weighted by atomic mass is 16.5. The zero-order valence-electron chi connectivity index (χ0n) is 17.6. The fourth-order valence-corrected chi connectivity index (χ4v) is 4.40. The summed E-state index contributed by atoms with van der Waals surface area (Å²) < 4.78 is 5.54. The molecule has 1 aliphatic carbocycles. The number of nitrogens with zero attached hydrogens (tertiary/aromatic N) is 1. The molecule has 0 bridgehead atoms. The van der Waals surface area contributed by atoms with Crippen LogP contribution >= 0.6 is 0 Å². The van der Waals surface area contributed by atoms with E-state index in [2.05, 4.69) is 20.9 Å². The second-order valence-electron chi connectivity index (χ2n) is 8.37. The Kier molecular flexibility index (Phi) is 7.50. The topological polar surface area (TPSA) is 82.7 Å². The number of hydrogen-bond donors (Lipinski definition) is 3. The number of rotatable bonds is 6. The van der Waals surface area contributed by atoms with Crippen molar-refractivity contribution >= 4 is 17.6 Å². The van der Waals surface area contributed by atoms with E-state index in [9.17, 15) is 9.59 Å². The summed E-state index contributed by atoms with van der Waals surface area (Å²) in [5, 5.41) is 8.75. The molecule has 0 spiro atoms. The minimum absolute atomic E-state index is 0.00901. The third-order valence-electron chi connectivity index (χ3n) is 5.88. The number of anilines is 1. The van der Waals surface area contributed by atoms with Gasteiger partial charge in [-0.25, -0.2) is 4.79 Å². The van der Waals surface area contributed by atoms with Crippen molar-refractivity contribution in [3.05, 3.63) is 29.8 Å². The Morgan fingerprint density at radius 2 is 1.79 bits per heavy atom. The lowest BCUT2D eigenvalue weighted by Gasteiger charge is -2.48. The third kappa shape index (κ3) is 5.70. The molecule has 1 aliphatic heterocycles. The third-order valence-corrected chi connectivity index (χ3v) is 5.88. The molecule has 160 valence electrons. The Morgan fingerprint density at radius 1 is 1.10 bits per heavy atom. The quantitative estimate of drug-likeness (QED) is 0.683. The maximum absolute atomic E-state index is 13.0. The van der Waals surface area contributed by atoms with Gasteiger partial charge in [-0.3, -0.25) is 9.69 Å². The van der Waals surface area contributed by atoms with Crippen LogP contribution < -0.4 is 16.0 Å². The van der Waals surface area contributed by atoms with Crippen LogP contribution in [0.25, 0.3) is 0 Å². The van der Waals surface area contributed by atoms with Gasteiger partial charge in [0.1, 0.15) is 0 Å². The molecule has 7 nitrogen and oxygen atoms in total. The number of hydrogen-bond acceptors (Lipinski definition) is 4. The fourth-order valence-electron chi connectivity index (χ4n) is 4.40. The van der Waals surface area contributed by atoms with Gasteiger partial charge in [-0.05, 0) is 38.8 Å². The largest absolute Gasteiger partial charge is 0.379 e. The molecule has 7 heteroatoms. The summed E-state index contributed by atoms with van der Waals surface area (Å²) in [5.41, 5.74) is 1.02. The maximum Gasteiger partial charge on any atom is 0.319 e. The average Bonchev–Trinajstić information content (AvgIpc) is 2.73. The number of benzene rings is 1. The zero-order valence-corrected chi connectivity index (χ0v) is 17.6. The normalized spacial score (nSPS) is 19.6. The number of amides is 3. The van der Waals surface area contributed by atoms with Gasteiger partial charge in [0.15, 0.2) is 0 Å². The molecule has 1 saturated carbocycles. The first kappa shape index (κ1) is 21.6. The smallest absolute Gasteiger partial charge is 0.319 e. The predicted molar refractivity (Wildman–Crippen MR) is 114 cm³/mol. The molecule has 3 N–H and O–H groups in total. The molecule has 1 aromatic carbocycles. The SMILES string of the molecule is CC(C)NC(=O)Nc1ccccc1C(=O)NCC1(N2CCOCC2)CCCCC1. The second-order valence-corrected chi connectivity index (χ2v) is 8.37. The highest BCUT2D eigenvalue weighted by Gasteiger charge is 2.39. The standard InChI is InChI=1S/C22H34N4O3/c1-17(2)24-21(28)25-19-9-5-4-8-18(19)20(27)23-16-22(10-6-3-7-11-22)26-12-14-29-15-13-26/h4-5,8-9,17H,3,6-7,10-16H2,1-2H3,(H,23,27)(H2,24,25,28). The molecule has 1 heterocycles. The minimum atomic E-state index is -0.308. The monoisotopic (exact) mass is 402 g/mol. The molecule has 2 fully saturated rings. The van der Waals surface area contributed by atoms with Crippen LogP contribution in [0.5, 0.6) is 0 Å². The van der Waals surface area contributed by atoms with E-state index in [0.29, 0.717) is 17.8 Å². The Labute approximate surface area is 173 Å². The predicted octanol–water partition coefficient (Wildman–Crippen LogP) is 2.98. The lowest BCUT2D eigenvalue weighted by Crippen LogP contribution is -2.59. The molecule has 0 atom stereocenters. The average molecular weight is 403 g/mol. The van der Waals surface area contributed by atoms with Crippen molar-refractivity contribution in [1.82, 2.24) is 15.5 Å². The molecular formula is C22H34N4O3. The highest BCUT2D eigenvalue weighted by Crippen LogP contribution is 2.34. The van der Waals surface area contributed by atoms with Crippen LogP contribution in [0.2, 0.25) is 0 Å². The van der Waals surface area contributed by atoms with Gasteiger partial charge in [0.2, 0.25) is 0 Å². The van der Waals surface area contributed by atoms with Crippen LogP contribution in [-0.4, -0.2) is 61.3 Å². The van der Waals surface area contributed by atoms with E-state index in [0.717, 1.165) is 39.1 Å². The van der Waals surface area contributed by atoms with Gasteiger partial charge >= 0.3 is 6.03 Å². The summed E-state index contributed by atoms with van der Waals surface area (Å²) in [6, 6.07) is 6.86. The summed E-state index contributed by atoms with van der Waals surface area (Å²) in [5.74, 6) is -0.149. The van der Waals surface area contributed by atoms with Crippen LogP contribution in [-0.2, 0) is 4.74 Å². The van der Waals surface area contributed by atoms with Crippen LogP contribution in [0.15, 0.2) is 24.3 Å². The van der Waals surface area contributed by atoms with Crippen LogP contribution in [0.3, 0.4) is 0 Å². The van der Waals surface area contributed by atoms with E-state index in [-0.39, 0.29) is 23.5 Å².